The lowest BCUT2D eigenvalue weighted by molar-refractivity contribution is -0.179. The molecular formula is C38H50O6. The molecule has 0 radical (unpaired) electrons. The van der Waals surface area contributed by atoms with Crippen molar-refractivity contribution in [1.82, 2.24) is 0 Å². The van der Waals surface area contributed by atoms with E-state index >= 15 is 4.79 Å². The normalized spacial score (nSPS) is 30.5. The lowest BCUT2D eigenvalue weighted by atomic mass is 9.38. The number of hydrogen-bond acceptors (Lipinski definition) is 6. The third-order valence-electron chi connectivity index (χ3n) is 11.1. The molecule has 6 nitrogen and oxygen atoms in total. The van der Waals surface area contributed by atoms with Crippen LogP contribution in [-0.4, -0.2) is 32.7 Å². The SMILES string of the molecule is C=C(C)CC[C@@H]1C[C@]2(CC3CCC(C)(C)C=C3C)C(=O)/C(=C(/O)c3ccc(O)c(O)c3)C(=O)[C@@](CCC(=C)C)(C2=O)C1(C)C. The molecule has 238 valence electrons. The fourth-order valence-corrected chi connectivity index (χ4v) is 8.36. The Balaban J connectivity index is 2.03. The predicted octanol–water partition coefficient (Wildman–Crippen LogP) is 8.59. The smallest absolute Gasteiger partial charge is 0.184 e. The number of aliphatic hydroxyl groups is 1. The van der Waals surface area contributed by atoms with Gasteiger partial charge in [-0.05, 0) is 113 Å². The minimum Gasteiger partial charge on any atom is -0.506 e. The molecule has 0 amide bonds. The first-order valence-corrected chi connectivity index (χ1v) is 15.9. The zero-order valence-corrected chi connectivity index (χ0v) is 27.6. The van der Waals surface area contributed by atoms with E-state index in [2.05, 4.69) is 40.0 Å². The molecule has 1 unspecified atom stereocenters. The van der Waals surface area contributed by atoms with Gasteiger partial charge in [0.25, 0.3) is 0 Å². The minimum atomic E-state index is -1.56. The number of fused-ring (bicyclic) bond motifs is 2. The number of rotatable bonds is 9. The van der Waals surface area contributed by atoms with Crippen molar-refractivity contribution in [3.63, 3.8) is 0 Å². The van der Waals surface area contributed by atoms with Gasteiger partial charge in [0.15, 0.2) is 28.8 Å². The van der Waals surface area contributed by atoms with Crippen LogP contribution in [0, 0.1) is 33.5 Å². The molecule has 3 aliphatic carbocycles. The van der Waals surface area contributed by atoms with Gasteiger partial charge in [0.05, 0.1) is 10.8 Å². The van der Waals surface area contributed by atoms with Crippen molar-refractivity contribution < 1.29 is 29.7 Å². The van der Waals surface area contributed by atoms with Crippen molar-refractivity contribution in [2.24, 2.45) is 33.5 Å². The van der Waals surface area contributed by atoms with Gasteiger partial charge in [-0.2, -0.15) is 0 Å². The van der Waals surface area contributed by atoms with Gasteiger partial charge >= 0.3 is 0 Å². The van der Waals surface area contributed by atoms with E-state index in [1.807, 2.05) is 27.7 Å². The van der Waals surface area contributed by atoms with E-state index in [0.29, 0.717) is 19.3 Å². The fourth-order valence-electron chi connectivity index (χ4n) is 8.36. The number of aromatic hydroxyl groups is 2. The molecule has 2 bridgehead atoms. The Kier molecular flexibility index (Phi) is 8.75. The molecule has 3 aliphatic rings. The number of phenols is 2. The van der Waals surface area contributed by atoms with Crippen molar-refractivity contribution in [2.45, 2.75) is 99.8 Å². The van der Waals surface area contributed by atoms with Crippen LogP contribution in [0.15, 0.2) is 59.7 Å². The lowest BCUT2D eigenvalue weighted by Crippen LogP contribution is -2.70. The summed E-state index contributed by atoms with van der Waals surface area (Å²) in [5, 5.41) is 31.8. The summed E-state index contributed by atoms with van der Waals surface area (Å²) in [6.07, 6.45) is 6.57. The Hall–Kier alpha value is -3.41. The van der Waals surface area contributed by atoms with Crippen molar-refractivity contribution >= 4 is 23.1 Å². The van der Waals surface area contributed by atoms with Gasteiger partial charge in [0.1, 0.15) is 11.3 Å². The maximum absolute atomic E-state index is 15.2. The van der Waals surface area contributed by atoms with Crippen molar-refractivity contribution in [1.29, 1.82) is 0 Å². The van der Waals surface area contributed by atoms with Gasteiger partial charge in [0, 0.05) is 5.56 Å². The van der Waals surface area contributed by atoms with Crippen molar-refractivity contribution in [2.75, 3.05) is 0 Å². The molecule has 2 fully saturated rings. The highest BCUT2D eigenvalue weighted by Crippen LogP contribution is 2.67. The molecule has 44 heavy (non-hydrogen) atoms. The molecule has 0 heterocycles. The minimum absolute atomic E-state index is 0.0167. The highest BCUT2D eigenvalue weighted by molar-refractivity contribution is 6.41. The highest BCUT2D eigenvalue weighted by atomic mass is 16.3. The Labute approximate surface area is 262 Å². The molecule has 0 aromatic heterocycles. The number of phenolic OH excluding ortho intramolecular Hbond substituents is 2. The second kappa shape index (κ2) is 11.5. The molecule has 1 aromatic carbocycles. The molecular weight excluding hydrogens is 552 g/mol. The number of Topliss-reactive ketones (excluding diaryl/α,β-unsaturated/α-hetero) is 3. The van der Waals surface area contributed by atoms with E-state index in [1.54, 1.807) is 0 Å². The maximum atomic E-state index is 15.2. The highest BCUT2D eigenvalue weighted by Gasteiger charge is 2.74. The van der Waals surface area contributed by atoms with Crippen LogP contribution in [0.1, 0.15) is 105 Å². The Morgan fingerprint density at radius 1 is 0.955 bits per heavy atom. The monoisotopic (exact) mass is 602 g/mol. The van der Waals surface area contributed by atoms with Crippen LogP contribution in [0.2, 0.25) is 0 Å². The van der Waals surface area contributed by atoms with Gasteiger partial charge in [-0.1, -0.05) is 50.5 Å². The number of hydrogen-bond donors (Lipinski definition) is 3. The third-order valence-corrected chi connectivity index (χ3v) is 11.1. The van der Waals surface area contributed by atoms with Crippen molar-refractivity contribution in [3.8, 4) is 11.5 Å². The van der Waals surface area contributed by atoms with Crippen LogP contribution in [0.3, 0.4) is 0 Å². The lowest BCUT2D eigenvalue weighted by Gasteiger charge is -2.61. The number of aliphatic hydroxyl groups excluding tert-OH is 1. The molecule has 6 heteroatoms. The van der Waals surface area contributed by atoms with Gasteiger partial charge in [-0.3, -0.25) is 14.4 Å². The average molecular weight is 603 g/mol. The van der Waals surface area contributed by atoms with E-state index < -0.39 is 45.1 Å². The van der Waals surface area contributed by atoms with E-state index in [-0.39, 0.29) is 53.4 Å². The number of benzene rings is 1. The number of carbonyl (C=O) groups is 3. The van der Waals surface area contributed by atoms with Crippen LogP contribution in [0.4, 0.5) is 0 Å². The average Bonchev–Trinajstić information content (AvgIpc) is 2.91. The Bertz CT molecular complexity index is 1490. The van der Waals surface area contributed by atoms with E-state index in [9.17, 15) is 24.9 Å². The maximum Gasteiger partial charge on any atom is 0.184 e. The summed E-state index contributed by atoms with van der Waals surface area (Å²) >= 11 is 0. The zero-order chi connectivity index (χ0) is 33.0. The zero-order valence-electron chi connectivity index (χ0n) is 27.6. The summed E-state index contributed by atoms with van der Waals surface area (Å²) in [7, 11) is 0. The molecule has 0 saturated heterocycles. The molecule has 4 atom stereocenters. The van der Waals surface area contributed by atoms with E-state index in [0.717, 1.165) is 35.6 Å². The summed E-state index contributed by atoms with van der Waals surface area (Å²) in [4.78, 5) is 45.0. The summed E-state index contributed by atoms with van der Waals surface area (Å²) < 4.78 is 0. The Morgan fingerprint density at radius 3 is 2.16 bits per heavy atom. The van der Waals surface area contributed by atoms with Gasteiger partial charge in [-0.15, -0.1) is 13.2 Å². The first-order chi connectivity index (χ1) is 20.3. The second-order valence-corrected chi connectivity index (χ2v) is 15.3. The number of allylic oxidation sites excluding steroid dienone is 5. The van der Waals surface area contributed by atoms with Crippen LogP contribution >= 0.6 is 0 Å². The van der Waals surface area contributed by atoms with Crippen LogP contribution in [0.25, 0.3) is 5.76 Å². The summed E-state index contributed by atoms with van der Waals surface area (Å²) in [6.45, 7) is 22.4. The number of ketones is 3. The van der Waals surface area contributed by atoms with E-state index in [1.165, 1.54) is 12.1 Å². The second-order valence-electron chi connectivity index (χ2n) is 15.3. The van der Waals surface area contributed by atoms with Gasteiger partial charge in [-0.25, -0.2) is 0 Å². The van der Waals surface area contributed by atoms with Crippen LogP contribution in [0.5, 0.6) is 11.5 Å². The fraction of sp³-hybridized carbons (Fsp3) is 0.553. The molecule has 3 N–H and O–H groups in total. The first-order valence-electron chi connectivity index (χ1n) is 15.9. The Morgan fingerprint density at radius 2 is 1.59 bits per heavy atom. The van der Waals surface area contributed by atoms with Gasteiger partial charge in [0.2, 0.25) is 0 Å². The third kappa shape index (κ3) is 5.39. The molecule has 2 saturated carbocycles. The van der Waals surface area contributed by atoms with Crippen LogP contribution in [-0.2, 0) is 14.4 Å². The largest absolute Gasteiger partial charge is 0.506 e. The standard InChI is InChI=1S/C38H50O6/c1-22(2)10-12-27-21-37(20-26-15-16-35(6,7)19-24(26)5)32(42)30(31(41)25-11-13-28(39)29(40)18-25)33(43)38(34(37)44,36(27,8)9)17-14-23(3)4/h11,13,18-19,26-27,39-41H,1,3,10,12,14-17,20-21H2,2,4-9H3/b31-30-/t26?,27-,37-,38+/m1/s1. The van der Waals surface area contributed by atoms with Crippen molar-refractivity contribution in [3.05, 3.63) is 65.3 Å². The summed E-state index contributed by atoms with van der Waals surface area (Å²) in [5.74, 6) is -3.20. The molecule has 4 rings (SSSR count). The van der Waals surface area contributed by atoms with Gasteiger partial charge < -0.3 is 15.3 Å². The summed E-state index contributed by atoms with van der Waals surface area (Å²) in [6, 6.07) is 3.69. The van der Waals surface area contributed by atoms with E-state index in [4.69, 9.17) is 0 Å². The molecule has 0 spiro atoms. The predicted molar refractivity (Wildman–Crippen MR) is 174 cm³/mol. The topological polar surface area (TPSA) is 112 Å². The molecule has 1 aromatic rings. The quantitative estimate of drug-likeness (QED) is 0.0652. The summed E-state index contributed by atoms with van der Waals surface area (Å²) in [5.41, 5.74) is -1.25. The number of carbonyl (C=O) groups excluding carboxylic acids is 3. The van der Waals surface area contributed by atoms with Crippen LogP contribution < -0.4 is 0 Å². The molecule has 0 aliphatic heterocycles. The first kappa shape index (κ1) is 33.5.